The van der Waals surface area contributed by atoms with Gasteiger partial charge in [0, 0.05) is 17.2 Å². The highest BCUT2D eigenvalue weighted by Gasteiger charge is 2.26. The Morgan fingerprint density at radius 2 is 1.63 bits per heavy atom. The molecule has 10 heteroatoms. The summed E-state index contributed by atoms with van der Waals surface area (Å²) in [6.45, 7) is -0.204. The number of carboxylic acids is 2. The monoisotopic (exact) mass is 416 g/mol. The van der Waals surface area contributed by atoms with Gasteiger partial charge in [0.05, 0.1) is 0 Å². The number of aromatic amines is 1. The number of aromatic carboxylic acids is 2. The van der Waals surface area contributed by atoms with Crippen LogP contribution in [0.15, 0.2) is 47.3 Å². The van der Waals surface area contributed by atoms with Gasteiger partial charge in [-0.15, -0.1) is 0 Å². The van der Waals surface area contributed by atoms with Gasteiger partial charge in [-0.2, -0.15) is 0 Å². The normalized spacial score (nSPS) is 10.6. The van der Waals surface area contributed by atoms with Crippen LogP contribution in [0.1, 0.15) is 26.3 Å². The van der Waals surface area contributed by atoms with E-state index in [4.69, 9.17) is 10.5 Å². The molecule has 30 heavy (non-hydrogen) atoms. The van der Waals surface area contributed by atoms with Crippen molar-refractivity contribution in [2.24, 2.45) is 0 Å². The average molecular weight is 416 g/mol. The van der Waals surface area contributed by atoms with Crippen LogP contribution in [0, 0.1) is 11.6 Å². The average Bonchev–Trinajstić information content (AvgIpc) is 2.66. The first kappa shape index (κ1) is 20.5. The lowest BCUT2D eigenvalue weighted by atomic mass is 9.95. The van der Waals surface area contributed by atoms with Crippen molar-refractivity contribution in [3.05, 3.63) is 81.1 Å². The number of nitrogens with two attached hydrogens (primary N) is 1. The number of carbonyl (C=O) groups is 2. The van der Waals surface area contributed by atoms with Gasteiger partial charge in [0.2, 0.25) is 0 Å². The number of carboxylic acid groups (broad SMARTS) is 2. The predicted octanol–water partition coefficient (Wildman–Crippen LogP) is 2.88. The number of halogens is 2. The largest absolute Gasteiger partial charge is 0.489 e. The molecule has 0 aliphatic carbocycles. The fourth-order valence-corrected chi connectivity index (χ4v) is 2.85. The highest BCUT2D eigenvalue weighted by Crippen LogP contribution is 2.30. The number of nitrogens with one attached hydrogen (secondary N) is 1. The van der Waals surface area contributed by atoms with Gasteiger partial charge < -0.3 is 25.7 Å². The second-order valence-electron chi connectivity index (χ2n) is 6.15. The topological polar surface area (TPSA) is 143 Å². The minimum atomic E-state index is -1.62. The molecule has 0 saturated heterocycles. The Hall–Kier alpha value is -4.21. The van der Waals surface area contributed by atoms with E-state index in [0.29, 0.717) is 0 Å². The summed E-state index contributed by atoms with van der Waals surface area (Å²) >= 11 is 0. The number of benzene rings is 2. The molecule has 0 spiro atoms. The van der Waals surface area contributed by atoms with Crippen LogP contribution in [0.3, 0.4) is 0 Å². The highest BCUT2D eigenvalue weighted by molar-refractivity contribution is 6.07. The minimum Gasteiger partial charge on any atom is -0.489 e. The van der Waals surface area contributed by atoms with Crippen LogP contribution >= 0.6 is 0 Å². The van der Waals surface area contributed by atoms with Crippen molar-refractivity contribution < 1.29 is 33.3 Å². The van der Waals surface area contributed by atoms with Crippen LogP contribution in [0.2, 0.25) is 0 Å². The summed E-state index contributed by atoms with van der Waals surface area (Å²) in [5.74, 6) is -4.88. The molecule has 0 saturated carbocycles. The summed E-state index contributed by atoms with van der Waals surface area (Å²) in [5, 5.41) is 18.8. The first-order valence-electron chi connectivity index (χ1n) is 8.38. The van der Waals surface area contributed by atoms with Crippen LogP contribution in [-0.2, 0) is 6.61 Å². The van der Waals surface area contributed by atoms with E-state index in [1.54, 1.807) is 0 Å². The minimum absolute atomic E-state index is 0.0999. The number of hydrogen-bond donors (Lipinski definition) is 4. The molecule has 2 aromatic carbocycles. The summed E-state index contributed by atoms with van der Waals surface area (Å²) in [6.07, 6.45) is 0. The SMILES string of the molecule is Nc1[nH]c(=O)c(C(=O)O)c(-c2ccc(OCc3ccc(F)cc3F)cc2)c1C(=O)O. The van der Waals surface area contributed by atoms with Crippen molar-refractivity contribution >= 4 is 17.8 Å². The van der Waals surface area contributed by atoms with E-state index in [1.807, 2.05) is 4.98 Å². The van der Waals surface area contributed by atoms with E-state index >= 15 is 0 Å². The van der Waals surface area contributed by atoms with E-state index < -0.39 is 46.1 Å². The molecule has 0 atom stereocenters. The Kier molecular flexibility index (Phi) is 5.50. The van der Waals surface area contributed by atoms with Gasteiger partial charge in [0.25, 0.3) is 5.56 Å². The second-order valence-corrected chi connectivity index (χ2v) is 6.15. The van der Waals surface area contributed by atoms with Crippen molar-refractivity contribution in [1.82, 2.24) is 4.98 Å². The molecule has 8 nitrogen and oxygen atoms in total. The van der Waals surface area contributed by atoms with E-state index in [2.05, 4.69) is 0 Å². The summed E-state index contributed by atoms with van der Waals surface area (Å²) in [6, 6.07) is 8.48. The molecule has 0 fully saturated rings. The number of pyridine rings is 1. The molecule has 5 N–H and O–H groups in total. The lowest BCUT2D eigenvalue weighted by Crippen LogP contribution is -2.24. The molecule has 3 aromatic rings. The number of anilines is 1. The van der Waals surface area contributed by atoms with Gasteiger partial charge in [-0.1, -0.05) is 12.1 Å². The Morgan fingerprint density at radius 3 is 2.20 bits per heavy atom. The van der Waals surface area contributed by atoms with E-state index in [1.165, 1.54) is 30.3 Å². The number of H-pyrrole nitrogens is 1. The molecular weight excluding hydrogens is 402 g/mol. The fraction of sp³-hybridized carbons (Fsp3) is 0.0500. The zero-order valence-corrected chi connectivity index (χ0v) is 15.1. The Balaban J connectivity index is 1.97. The predicted molar refractivity (Wildman–Crippen MR) is 102 cm³/mol. The van der Waals surface area contributed by atoms with E-state index in [9.17, 15) is 33.4 Å². The van der Waals surface area contributed by atoms with Crippen LogP contribution < -0.4 is 16.0 Å². The number of hydrogen-bond acceptors (Lipinski definition) is 5. The van der Waals surface area contributed by atoms with Gasteiger partial charge in [-0.3, -0.25) is 4.79 Å². The summed E-state index contributed by atoms with van der Waals surface area (Å²) in [4.78, 5) is 37.2. The molecule has 154 valence electrons. The molecule has 1 heterocycles. The van der Waals surface area contributed by atoms with Crippen molar-refractivity contribution in [3.8, 4) is 16.9 Å². The first-order valence-corrected chi connectivity index (χ1v) is 8.38. The third-order valence-electron chi connectivity index (χ3n) is 4.22. The number of aromatic nitrogens is 1. The van der Waals surface area contributed by atoms with Crippen LogP contribution in [0.25, 0.3) is 11.1 Å². The lowest BCUT2D eigenvalue weighted by Gasteiger charge is -2.13. The zero-order valence-electron chi connectivity index (χ0n) is 15.1. The molecule has 0 aliphatic rings. The van der Waals surface area contributed by atoms with Crippen LogP contribution in [0.4, 0.5) is 14.6 Å². The van der Waals surface area contributed by atoms with Crippen LogP contribution in [-0.4, -0.2) is 27.1 Å². The van der Waals surface area contributed by atoms with Crippen molar-refractivity contribution in [3.63, 3.8) is 0 Å². The summed E-state index contributed by atoms with van der Waals surface area (Å²) < 4.78 is 32.1. The Labute approximate surface area is 167 Å². The lowest BCUT2D eigenvalue weighted by molar-refractivity contribution is 0.0695. The maximum absolute atomic E-state index is 13.7. The quantitative estimate of drug-likeness (QED) is 0.484. The van der Waals surface area contributed by atoms with Crippen LogP contribution in [0.5, 0.6) is 5.75 Å². The van der Waals surface area contributed by atoms with E-state index in [0.717, 1.165) is 12.1 Å². The zero-order chi connectivity index (χ0) is 22.0. The van der Waals surface area contributed by atoms with Crippen molar-refractivity contribution in [2.45, 2.75) is 6.61 Å². The van der Waals surface area contributed by atoms with Crippen molar-refractivity contribution in [1.29, 1.82) is 0 Å². The standard InChI is InChI=1S/C20H14F2N2O6/c21-11-4-1-10(13(22)7-11)8-30-12-5-2-9(3-6-12)14-15(19(26)27)17(23)24-18(25)16(14)20(28)29/h1-7H,8H2,(H,26,27)(H,28,29)(H3,23,24,25). The maximum Gasteiger partial charge on any atom is 0.342 e. The number of nitrogen functional groups attached to an aromatic ring is 1. The van der Waals surface area contributed by atoms with Crippen molar-refractivity contribution in [2.75, 3.05) is 5.73 Å². The molecule has 0 amide bonds. The molecule has 3 rings (SSSR count). The molecule has 0 radical (unpaired) electrons. The summed E-state index contributed by atoms with van der Waals surface area (Å²) in [5.41, 5.74) is 3.06. The van der Waals surface area contributed by atoms with E-state index in [-0.39, 0.29) is 29.0 Å². The van der Waals surface area contributed by atoms with Gasteiger partial charge in [-0.05, 0) is 29.8 Å². The Morgan fingerprint density at radius 1 is 1.00 bits per heavy atom. The van der Waals surface area contributed by atoms with Gasteiger partial charge in [0.15, 0.2) is 0 Å². The van der Waals surface area contributed by atoms with Gasteiger partial charge in [0.1, 0.15) is 40.9 Å². The Bertz CT molecular complexity index is 1210. The fourth-order valence-electron chi connectivity index (χ4n) is 2.85. The molecular formula is C20H14F2N2O6. The molecule has 0 bridgehead atoms. The van der Waals surface area contributed by atoms with Gasteiger partial charge >= 0.3 is 11.9 Å². The second kappa shape index (κ2) is 8.03. The maximum atomic E-state index is 13.7. The number of rotatable bonds is 6. The molecule has 0 aliphatic heterocycles. The summed E-state index contributed by atoms with van der Waals surface area (Å²) in [7, 11) is 0. The number of ether oxygens (including phenoxy) is 1. The third kappa shape index (κ3) is 3.97. The molecule has 0 unspecified atom stereocenters. The molecule has 1 aromatic heterocycles. The smallest absolute Gasteiger partial charge is 0.342 e. The third-order valence-corrected chi connectivity index (χ3v) is 4.22. The highest BCUT2D eigenvalue weighted by atomic mass is 19.1. The van der Waals surface area contributed by atoms with Gasteiger partial charge in [-0.25, -0.2) is 18.4 Å². The first-order chi connectivity index (χ1) is 14.2.